The van der Waals surface area contributed by atoms with Gasteiger partial charge < -0.3 is 4.90 Å². The average molecular weight is 289 g/mol. The molecule has 0 spiro atoms. The fourth-order valence-electron chi connectivity index (χ4n) is 2.91. The number of nitrogens with zero attached hydrogens (tertiary/aromatic N) is 2. The van der Waals surface area contributed by atoms with Crippen molar-refractivity contribution in [1.29, 1.82) is 0 Å². The van der Waals surface area contributed by atoms with Gasteiger partial charge in [-0.1, -0.05) is 42.0 Å². The van der Waals surface area contributed by atoms with Gasteiger partial charge in [0, 0.05) is 23.7 Å². The number of likely N-dealkylation sites (N-methyl/N-ethyl adjacent to an activating group) is 1. The van der Waals surface area contributed by atoms with Crippen LogP contribution in [-0.2, 0) is 4.79 Å². The van der Waals surface area contributed by atoms with Gasteiger partial charge in [0.2, 0.25) is 5.91 Å². The molecule has 0 aromatic rings. The Bertz CT molecular complexity index is 583. The molecular formula is C16H17ClN2O. The van der Waals surface area contributed by atoms with Gasteiger partial charge >= 0.3 is 0 Å². The lowest BCUT2D eigenvalue weighted by molar-refractivity contribution is -0.129. The fourth-order valence-corrected chi connectivity index (χ4v) is 3.12. The van der Waals surface area contributed by atoms with Gasteiger partial charge in [-0.3, -0.25) is 9.79 Å². The van der Waals surface area contributed by atoms with E-state index in [9.17, 15) is 4.79 Å². The van der Waals surface area contributed by atoms with Crippen molar-refractivity contribution in [3.05, 3.63) is 47.1 Å². The Labute approximate surface area is 124 Å². The van der Waals surface area contributed by atoms with Crippen LogP contribution in [0.4, 0.5) is 0 Å². The van der Waals surface area contributed by atoms with Crippen LogP contribution in [0.5, 0.6) is 0 Å². The van der Waals surface area contributed by atoms with Crippen molar-refractivity contribution in [1.82, 2.24) is 4.90 Å². The maximum absolute atomic E-state index is 12.1. The maximum atomic E-state index is 12.1. The van der Waals surface area contributed by atoms with Crippen molar-refractivity contribution in [3.8, 4) is 0 Å². The highest BCUT2D eigenvalue weighted by Gasteiger charge is 2.34. The van der Waals surface area contributed by atoms with Crippen molar-refractivity contribution in [2.75, 3.05) is 13.6 Å². The molecule has 1 aliphatic heterocycles. The molecule has 2 aliphatic carbocycles. The van der Waals surface area contributed by atoms with Crippen molar-refractivity contribution in [2.45, 2.75) is 18.9 Å². The summed E-state index contributed by atoms with van der Waals surface area (Å²) in [7, 11) is 1.84. The third kappa shape index (κ3) is 2.38. The molecule has 1 heterocycles. The van der Waals surface area contributed by atoms with Crippen LogP contribution in [-0.4, -0.2) is 36.2 Å². The molecule has 3 nitrogen and oxygen atoms in total. The van der Waals surface area contributed by atoms with Gasteiger partial charge in [0.25, 0.3) is 0 Å². The standard InChI is InChI=1S/C16H17ClN2O/c1-19-14-8-7-12(17)9-13(14)16(18-10-15(19)20)11-5-3-2-4-6-11/h2-3,5,7-9,13-14H,4,6,10H2,1H3. The largest absolute Gasteiger partial charge is 0.337 e. The lowest BCUT2D eigenvalue weighted by atomic mass is 9.84. The number of carbonyl (C=O) groups excluding carboxylic acids is 1. The summed E-state index contributed by atoms with van der Waals surface area (Å²) in [5.41, 5.74) is 2.24. The van der Waals surface area contributed by atoms with Crippen LogP contribution in [0.1, 0.15) is 12.8 Å². The predicted octanol–water partition coefficient (Wildman–Crippen LogP) is 2.85. The van der Waals surface area contributed by atoms with Crippen LogP contribution in [0, 0.1) is 5.92 Å². The van der Waals surface area contributed by atoms with E-state index < -0.39 is 0 Å². The van der Waals surface area contributed by atoms with Crippen molar-refractivity contribution < 1.29 is 4.79 Å². The Kier molecular flexibility index (Phi) is 3.62. The number of amides is 1. The SMILES string of the molecule is CN1C(=O)CN=C(C2=CC=CCC2)C2C=C(Cl)C=CC21. The second-order valence-corrected chi connectivity index (χ2v) is 5.73. The quantitative estimate of drug-likeness (QED) is 0.730. The van der Waals surface area contributed by atoms with Gasteiger partial charge in [-0.15, -0.1) is 0 Å². The van der Waals surface area contributed by atoms with Crippen molar-refractivity contribution >= 4 is 23.2 Å². The van der Waals surface area contributed by atoms with E-state index in [1.807, 2.05) is 25.3 Å². The summed E-state index contributed by atoms with van der Waals surface area (Å²) in [6.07, 6.45) is 14.2. The minimum atomic E-state index is 0.0121. The summed E-state index contributed by atoms with van der Waals surface area (Å²) in [6.45, 7) is 0.221. The Morgan fingerprint density at radius 3 is 3.05 bits per heavy atom. The second kappa shape index (κ2) is 5.41. The van der Waals surface area contributed by atoms with Crippen LogP contribution in [0.25, 0.3) is 0 Å². The lowest BCUT2D eigenvalue weighted by Crippen LogP contribution is -2.42. The molecule has 0 aromatic heterocycles. The van der Waals surface area contributed by atoms with Crippen LogP contribution in [0.15, 0.2) is 52.1 Å². The predicted molar refractivity (Wildman–Crippen MR) is 81.9 cm³/mol. The zero-order chi connectivity index (χ0) is 14.1. The normalized spacial score (nSPS) is 29.4. The van der Waals surface area contributed by atoms with E-state index in [0.29, 0.717) is 5.03 Å². The van der Waals surface area contributed by atoms with Crippen molar-refractivity contribution in [3.63, 3.8) is 0 Å². The Balaban J connectivity index is 2.03. The molecule has 4 heteroatoms. The average Bonchev–Trinajstić information content (AvgIpc) is 2.58. The van der Waals surface area contributed by atoms with E-state index in [-0.39, 0.29) is 24.4 Å². The molecule has 0 saturated carbocycles. The van der Waals surface area contributed by atoms with E-state index in [0.717, 1.165) is 18.6 Å². The third-order valence-electron chi connectivity index (χ3n) is 4.04. The van der Waals surface area contributed by atoms with Gasteiger partial charge in [0.15, 0.2) is 0 Å². The molecule has 0 bridgehead atoms. The Morgan fingerprint density at radius 2 is 2.30 bits per heavy atom. The summed E-state index contributed by atoms with van der Waals surface area (Å²) in [4.78, 5) is 18.4. The third-order valence-corrected chi connectivity index (χ3v) is 4.30. The van der Waals surface area contributed by atoms with Crippen LogP contribution >= 0.6 is 11.6 Å². The maximum Gasteiger partial charge on any atom is 0.244 e. The molecule has 104 valence electrons. The molecule has 3 aliphatic rings. The van der Waals surface area contributed by atoms with Crippen LogP contribution < -0.4 is 0 Å². The minimum Gasteiger partial charge on any atom is -0.337 e. The topological polar surface area (TPSA) is 32.7 Å². The molecule has 20 heavy (non-hydrogen) atoms. The fraction of sp³-hybridized carbons (Fsp3) is 0.375. The molecule has 0 fully saturated rings. The first kappa shape index (κ1) is 13.4. The van der Waals surface area contributed by atoms with E-state index in [2.05, 4.69) is 23.2 Å². The van der Waals surface area contributed by atoms with E-state index in [4.69, 9.17) is 11.6 Å². The Morgan fingerprint density at radius 1 is 1.45 bits per heavy atom. The van der Waals surface area contributed by atoms with Gasteiger partial charge in [-0.05, 0) is 24.5 Å². The van der Waals surface area contributed by atoms with Gasteiger partial charge in [0.05, 0.1) is 6.04 Å². The summed E-state index contributed by atoms with van der Waals surface area (Å²) in [5.74, 6) is 0.111. The van der Waals surface area contributed by atoms with Gasteiger partial charge in [-0.25, -0.2) is 0 Å². The number of aliphatic imine (C=N–C) groups is 1. The number of rotatable bonds is 1. The van der Waals surface area contributed by atoms with Crippen LogP contribution in [0.3, 0.4) is 0 Å². The summed E-state index contributed by atoms with van der Waals surface area (Å²) in [6, 6.07) is 0.0121. The molecule has 2 unspecified atom stereocenters. The molecule has 0 saturated heterocycles. The lowest BCUT2D eigenvalue weighted by Gasteiger charge is -2.32. The summed E-state index contributed by atoms with van der Waals surface area (Å²) >= 11 is 6.16. The van der Waals surface area contributed by atoms with E-state index >= 15 is 0 Å². The summed E-state index contributed by atoms with van der Waals surface area (Å²) in [5, 5.41) is 0.716. The number of fused-ring (bicyclic) bond motifs is 1. The molecular weight excluding hydrogens is 272 g/mol. The molecule has 0 N–H and O–H groups in total. The zero-order valence-electron chi connectivity index (χ0n) is 11.4. The number of halogens is 1. The van der Waals surface area contributed by atoms with Crippen molar-refractivity contribution in [2.24, 2.45) is 10.9 Å². The highest BCUT2D eigenvalue weighted by Crippen LogP contribution is 2.30. The second-order valence-electron chi connectivity index (χ2n) is 5.29. The molecule has 3 rings (SSSR count). The molecule has 0 radical (unpaired) electrons. The van der Waals surface area contributed by atoms with Crippen LogP contribution in [0.2, 0.25) is 0 Å². The van der Waals surface area contributed by atoms with E-state index in [1.54, 1.807) is 4.90 Å². The number of carbonyl (C=O) groups is 1. The first-order chi connectivity index (χ1) is 9.66. The monoisotopic (exact) mass is 288 g/mol. The number of allylic oxidation sites excluding steroid dienone is 6. The number of hydrogen-bond donors (Lipinski definition) is 0. The first-order valence-electron chi connectivity index (χ1n) is 6.88. The smallest absolute Gasteiger partial charge is 0.244 e. The van der Waals surface area contributed by atoms with E-state index in [1.165, 1.54) is 5.57 Å². The summed E-state index contributed by atoms with van der Waals surface area (Å²) < 4.78 is 0. The molecule has 0 aromatic carbocycles. The molecule has 2 atom stereocenters. The molecule has 1 amide bonds. The number of hydrogen-bond acceptors (Lipinski definition) is 2. The highest BCUT2D eigenvalue weighted by atomic mass is 35.5. The minimum absolute atomic E-state index is 0.0121. The van der Waals surface area contributed by atoms with Gasteiger partial charge in [-0.2, -0.15) is 0 Å². The zero-order valence-corrected chi connectivity index (χ0v) is 12.2. The highest BCUT2D eigenvalue weighted by molar-refractivity contribution is 6.31. The Hall–Kier alpha value is -1.61. The van der Waals surface area contributed by atoms with Gasteiger partial charge in [0.1, 0.15) is 6.54 Å². The first-order valence-corrected chi connectivity index (χ1v) is 7.26.